The van der Waals surface area contributed by atoms with Gasteiger partial charge in [0.05, 0.1) is 11.1 Å². The quantitative estimate of drug-likeness (QED) is 0.850. The van der Waals surface area contributed by atoms with Crippen molar-refractivity contribution in [2.24, 2.45) is 5.92 Å². The second-order valence-electron chi connectivity index (χ2n) is 7.59. The topological polar surface area (TPSA) is 61.0 Å². The molecule has 0 spiro atoms. The zero-order valence-electron chi connectivity index (χ0n) is 14.8. The highest BCUT2D eigenvalue weighted by molar-refractivity contribution is 5.91. The lowest BCUT2D eigenvalue weighted by molar-refractivity contribution is -0.123. The lowest BCUT2D eigenvalue weighted by atomic mass is 9.95. The molecule has 1 aromatic heterocycles. The highest BCUT2D eigenvalue weighted by atomic mass is 16.2. The van der Waals surface area contributed by atoms with Crippen LogP contribution < -0.4 is 5.32 Å². The summed E-state index contributed by atoms with van der Waals surface area (Å²) in [5.41, 5.74) is 3.11. The Bertz CT molecular complexity index is 735. The van der Waals surface area contributed by atoms with Crippen LogP contribution in [0.2, 0.25) is 0 Å². The fourth-order valence-corrected chi connectivity index (χ4v) is 3.94. The molecule has 1 saturated heterocycles. The van der Waals surface area contributed by atoms with Crippen LogP contribution in [0.15, 0.2) is 36.4 Å². The van der Waals surface area contributed by atoms with Crippen molar-refractivity contribution < 1.29 is 4.79 Å². The number of carbonyl (C=O) groups excluding carboxylic acids is 1. The summed E-state index contributed by atoms with van der Waals surface area (Å²) in [6.07, 6.45) is 3.08. The first-order valence-corrected chi connectivity index (χ1v) is 9.23. The maximum absolute atomic E-state index is 12.7. The fraction of sp³-hybridized carbons (Fsp3) is 0.500. The van der Waals surface area contributed by atoms with Gasteiger partial charge in [-0.1, -0.05) is 30.3 Å². The molecule has 2 aliphatic rings. The van der Waals surface area contributed by atoms with Crippen LogP contribution in [-0.2, 0) is 16.8 Å². The van der Waals surface area contributed by atoms with Crippen molar-refractivity contribution in [2.45, 2.75) is 38.1 Å². The SMILES string of the molecule is Cc1cc(CN2CCC(CNC(=O)C3(c4ccccc4)CC3)C2)n[nH]1. The van der Waals surface area contributed by atoms with E-state index >= 15 is 0 Å². The van der Waals surface area contributed by atoms with Gasteiger partial charge >= 0.3 is 0 Å². The molecule has 0 radical (unpaired) electrons. The van der Waals surface area contributed by atoms with Crippen molar-refractivity contribution in [1.29, 1.82) is 0 Å². The predicted molar refractivity (Wildman–Crippen MR) is 97.1 cm³/mol. The Hall–Kier alpha value is -2.14. The van der Waals surface area contributed by atoms with E-state index < -0.39 is 0 Å². The smallest absolute Gasteiger partial charge is 0.230 e. The Morgan fingerprint density at radius 1 is 1.36 bits per heavy atom. The van der Waals surface area contributed by atoms with E-state index in [4.69, 9.17) is 0 Å². The van der Waals surface area contributed by atoms with E-state index in [0.29, 0.717) is 5.92 Å². The zero-order valence-corrected chi connectivity index (χ0v) is 14.8. The number of hydrogen-bond acceptors (Lipinski definition) is 3. The van der Waals surface area contributed by atoms with Crippen LogP contribution in [0.4, 0.5) is 0 Å². The molecule has 0 bridgehead atoms. The number of amides is 1. The van der Waals surface area contributed by atoms with Gasteiger partial charge in [0.2, 0.25) is 5.91 Å². The minimum Gasteiger partial charge on any atom is -0.355 e. The van der Waals surface area contributed by atoms with E-state index in [1.165, 1.54) is 0 Å². The molecule has 25 heavy (non-hydrogen) atoms. The second kappa shape index (κ2) is 6.64. The number of aromatic nitrogens is 2. The summed E-state index contributed by atoms with van der Waals surface area (Å²) in [4.78, 5) is 15.1. The standard InChI is InChI=1S/C20H26N4O/c1-15-11-18(23-22-15)14-24-10-7-16(13-24)12-21-19(25)20(8-9-20)17-5-3-2-4-6-17/h2-6,11,16H,7-10,12-14H2,1H3,(H,21,25)(H,22,23). The molecule has 1 aliphatic heterocycles. The van der Waals surface area contributed by atoms with Crippen molar-refractivity contribution in [3.8, 4) is 0 Å². The Labute approximate surface area is 148 Å². The van der Waals surface area contributed by atoms with Gasteiger partial charge < -0.3 is 5.32 Å². The summed E-state index contributed by atoms with van der Waals surface area (Å²) in [7, 11) is 0. The number of aryl methyl sites for hydroxylation is 1. The molecule has 1 atom stereocenters. The third kappa shape index (κ3) is 3.47. The highest BCUT2D eigenvalue weighted by Crippen LogP contribution is 2.48. The van der Waals surface area contributed by atoms with Gasteiger partial charge in [-0.25, -0.2) is 0 Å². The van der Waals surface area contributed by atoms with Crippen LogP contribution in [0.5, 0.6) is 0 Å². The van der Waals surface area contributed by atoms with Crippen molar-refractivity contribution in [3.63, 3.8) is 0 Å². The molecule has 2 fully saturated rings. The van der Waals surface area contributed by atoms with E-state index in [9.17, 15) is 4.79 Å². The molecule has 1 saturated carbocycles. The van der Waals surface area contributed by atoms with E-state index in [0.717, 1.165) is 62.4 Å². The normalized spacial score (nSPS) is 22.0. The van der Waals surface area contributed by atoms with Crippen LogP contribution in [0.3, 0.4) is 0 Å². The van der Waals surface area contributed by atoms with Gasteiger partial charge in [0.25, 0.3) is 0 Å². The molecule has 2 N–H and O–H groups in total. The van der Waals surface area contributed by atoms with Crippen LogP contribution >= 0.6 is 0 Å². The molecule has 1 unspecified atom stereocenters. The summed E-state index contributed by atoms with van der Waals surface area (Å²) >= 11 is 0. The molecule has 4 rings (SSSR count). The monoisotopic (exact) mass is 338 g/mol. The first-order valence-electron chi connectivity index (χ1n) is 9.23. The van der Waals surface area contributed by atoms with Gasteiger partial charge in [-0.15, -0.1) is 0 Å². The number of aromatic amines is 1. The summed E-state index contributed by atoms with van der Waals surface area (Å²) in [5, 5.41) is 10.5. The van der Waals surface area contributed by atoms with Crippen LogP contribution in [-0.4, -0.2) is 40.6 Å². The fourth-order valence-electron chi connectivity index (χ4n) is 3.94. The average Bonchev–Trinajstić information content (AvgIpc) is 3.17. The number of benzene rings is 1. The largest absolute Gasteiger partial charge is 0.355 e. The number of hydrogen-bond donors (Lipinski definition) is 2. The van der Waals surface area contributed by atoms with Gasteiger partial charge in [0.15, 0.2) is 0 Å². The molecule has 2 aromatic rings. The molecule has 5 heteroatoms. The Kier molecular flexibility index (Phi) is 4.34. The number of nitrogens with one attached hydrogen (secondary N) is 2. The minimum atomic E-state index is -0.258. The van der Waals surface area contributed by atoms with Crippen LogP contribution in [0.25, 0.3) is 0 Å². The number of H-pyrrole nitrogens is 1. The Morgan fingerprint density at radius 2 is 2.16 bits per heavy atom. The molecule has 2 heterocycles. The maximum atomic E-state index is 12.7. The lowest BCUT2D eigenvalue weighted by Crippen LogP contribution is -2.38. The van der Waals surface area contributed by atoms with Crippen molar-refractivity contribution >= 4 is 5.91 Å². The van der Waals surface area contributed by atoms with Crippen LogP contribution in [0, 0.1) is 12.8 Å². The molecular weight excluding hydrogens is 312 g/mol. The highest BCUT2D eigenvalue weighted by Gasteiger charge is 2.51. The third-order valence-electron chi connectivity index (χ3n) is 5.58. The van der Waals surface area contributed by atoms with Crippen molar-refractivity contribution in [3.05, 3.63) is 53.3 Å². The van der Waals surface area contributed by atoms with Gasteiger partial charge in [-0.3, -0.25) is 14.8 Å². The molecule has 1 aromatic carbocycles. The Balaban J connectivity index is 1.27. The molecule has 5 nitrogen and oxygen atoms in total. The second-order valence-corrected chi connectivity index (χ2v) is 7.59. The van der Waals surface area contributed by atoms with E-state index in [1.54, 1.807) is 0 Å². The van der Waals surface area contributed by atoms with Gasteiger partial charge in [0, 0.05) is 25.3 Å². The first kappa shape index (κ1) is 16.3. The van der Waals surface area contributed by atoms with Gasteiger partial charge in [-0.05, 0) is 50.3 Å². The predicted octanol–water partition coefficient (Wildman–Crippen LogP) is 2.39. The lowest BCUT2D eigenvalue weighted by Gasteiger charge is -2.18. The summed E-state index contributed by atoms with van der Waals surface area (Å²) in [5.74, 6) is 0.746. The summed E-state index contributed by atoms with van der Waals surface area (Å²) in [6, 6.07) is 12.3. The Morgan fingerprint density at radius 3 is 2.84 bits per heavy atom. The van der Waals surface area contributed by atoms with Gasteiger partial charge in [0.1, 0.15) is 0 Å². The number of carbonyl (C=O) groups is 1. The van der Waals surface area contributed by atoms with Gasteiger partial charge in [-0.2, -0.15) is 5.10 Å². The molecular formula is C20H26N4O. The van der Waals surface area contributed by atoms with Crippen molar-refractivity contribution in [1.82, 2.24) is 20.4 Å². The third-order valence-corrected chi connectivity index (χ3v) is 5.58. The summed E-state index contributed by atoms with van der Waals surface area (Å²) in [6.45, 7) is 5.81. The molecule has 132 valence electrons. The van der Waals surface area contributed by atoms with E-state index in [2.05, 4.69) is 38.6 Å². The minimum absolute atomic E-state index is 0.208. The average molecular weight is 338 g/mol. The van der Waals surface area contributed by atoms with Crippen LogP contribution in [0.1, 0.15) is 36.2 Å². The number of nitrogens with zero attached hydrogens (tertiary/aromatic N) is 2. The number of likely N-dealkylation sites (tertiary alicyclic amines) is 1. The van der Waals surface area contributed by atoms with Crippen molar-refractivity contribution in [2.75, 3.05) is 19.6 Å². The first-order chi connectivity index (χ1) is 12.2. The maximum Gasteiger partial charge on any atom is 0.230 e. The molecule has 1 amide bonds. The van der Waals surface area contributed by atoms with E-state index in [1.807, 2.05) is 25.1 Å². The number of rotatable bonds is 6. The summed E-state index contributed by atoms with van der Waals surface area (Å²) < 4.78 is 0. The van der Waals surface area contributed by atoms with E-state index in [-0.39, 0.29) is 11.3 Å². The zero-order chi connectivity index (χ0) is 17.3. The molecule has 1 aliphatic carbocycles.